The lowest BCUT2D eigenvalue weighted by molar-refractivity contribution is -0.150. The van der Waals surface area contributed by atoms with Gasteiger partial charge in [-0.05, 0) is 99.7 Å². The maximum atomic E-state index is 11.5. The lowest BCUT2D eigenvalue weighted by atomic mass is 9.70. The van der Waals surface area contributed by atoms with E-state index in [1.54, 1.807) is 11.1 Å². The zero-order valence-corrected chi connectivity index (χ0v) is 21.4. The molecule has 1 N–H and O–H groups in total. The second kappa shape index (κ2) is 8.79. The number of methoxy groups -OCH3 is 1. The van der Waals surface area contributed by atoms with E-state index in [9.17, 15) is 9.90 Å². The monoisotopic (exact) mass is 480 g/mol. The largest absolute Gasteiger partial charge is 0.496 e. The van der Waals surface area contributed by atoms with Crippen molar-refractivity contribution in [2.45, 2.75) is 102 Å². The van der Waals surface area contributed by atoms with E-state index >= 15 is 0 Å². The summed E-state index contributed by atoms with van der Waals surface area (Å²) in [5, 5.41) is 14.0. The minimum atomic E-state index is -0.649. The fraction of sp³-hybridized carbons (Fsp3) is 0.724. The van der Waals surface area contributed by atoms with Gasteiger partial charge in [-0.1, -0.05) is 17.6 Å². The van der Waals surface area contributed by atoms with Crippen LogP contribution in [0.5, 0.6) is 5.75 Å². The Hall–Kier alpha value is -2.08. The Morgan fingerprint density at radius 3 is 2.40 bits per heavy atom. The highest BCUT2D eigenvalue weighted by Gasteiger charge is 2.50. The number of ether oxygens (including phenoxy) is 1. The first kappa shape index (κ1) is 23.3. The van der Waals surface area contributed by atoms with Gasteiger partial charge < -0.3 is 14.7 Å². The van der Waals surface area contributed by atoms with E-state index in [0.29, 0.717) is 5.92 Å². The average molecular weight is 481 g/mol. The Morgan fingerprint density at radius 2 is 1.80 bits per heavy atom. The zero-order valence-electron chi connectivity index (χ0n) is 21.4. The van der Waals surface area contributed by atoms with E-state index in [-0.39, 0.29) is 5.60 Å². The van der Waals surface area contributed by atoms with Crippen molar-refractivity contribution in [3.63, 3.8) is 0 Å². The number of carbonyl (C=O) groups is 1. The number of hydrogen-bond donors (Lipinski definition) is 1. The fourth-order valence-electron chi connectivity index (χ4n) is 6.86. The lowest BCUT2D eigenvalue weighted by Crippen LogP contribution is -2.61. The van der Waals surface area contributed by atoms with Crippen LogP contribution in [-0.2, 0) is 16.2 Å². The molecule has 3 saturated carbocycles. The van der Waals surface area contributed by atoms with Gasteiger partial charge >= 0.3 is 5.97 Å². The number of aliphatic carboxylic acids is 1. The summed E-state index contributed by atoms with van der Waals surface area (Å²) in [6, 6.07) is 4.82. The Balaban J connectivity index is 1.04. The second-order valence-electron chi connectivity index (χ2n) is 12.5. The van der Waals surface area contributed by atoms with Crippen molar-refractivity contribution >= 4 is 11.7 Å². The van der Waals surface area contributed by atoms with Gasteiger partial charge in [-0.15, -0.1) is 0 Å². The Labute approximate surface area is 209 Å². The maximum Gasteiger partial charge on any atom is 0.309 e. The molecule has 1 aromatic rings. The molecule has 2 aliphatic heterocycles. The molecule has 6 rings (SSSR count). The smallest absolute Gasteiger partial charge is 0.309 e. The van der Waals surface area contributed by atoms with Crippen LogP contribution in [0.2, 0.25) is 0 Å². The molecule has 190 valence electrons. The molecule has 0 amide bonds. The summed E-state index contributed by atoms with van der Waals surface area (Å²) >= 11 is 0. The number of likely N-dealkylation sites (tertiary alicyclic amines) is 1. The topological polar surface area (TPSA) is 71.4 Å². The summed E-state index contributed by atoms with van der Waals surface area (Å²) < 4.78 is 5.86. The number of oxime groups is 1. The summed E-state index contributed by atoms with van der Waals surface area (Å²) in [7, 11) is 1.81. The van der Waals surface area contributed by atoms with Crippen LogP contribution in [0.25, 0.3) is 0 Å². The molecule has 0 bridgehead atoms. The molecule has 1 aromatic carbocycles. The molecule has 6 nitrogen and oxygen atoms in total. The molecule has 5 aliphatic rings. The van der Waals surface area contributed by atoms with Crippen molar-refractivity contribution < 1.29 is 19.5 Å². The summed E-state index contributed by atoms with van der Waals surface area (Å²) in [6.45, 7) is 4.62. The minimum Gasteiger partial charge on any atom is -0.496 e. The van der Waals surface area contributed by atoms with Crippen molar-refractivity contribution in [1.82, 2.24) is 4.90 Å². The van der Waals surface area contributed by atoms with E-state index < -0.39 is 11.4 Å². The molecular weight excluding hydrogens is 440 g/mol. The third-order valence-electron chi connectivity index (χ3n) is 9.61. The number of carboxylic acids is 1. The third kappa shape index (κ3) is 4.47. The second-order valence-corrected chi connectivity index (χ2v) is 12.5. The van der Waals surface area contributed by atoms with Crippen molar-refractivity contribution in [1.29, 1.82) is 0 Å². The summed E-state index contributed by atoms with van der Waals surface area (Å²) in [6.07, 6.45) is 12.1. The highest BCUT2D eigenvalue weighted by Crippen LogP contribution is 2.49. The van der Waals surface area contributed by atoms with E-state index in [1.165, 1.54) is 43.4 Å². The highest BCUT2D eigenvalue weighted by atomic mass is 16.7. The van der Waals surface area contributed by atoms with Gasteiger partial charge in [0.05, 0.1) is 18.2 Å². The van der Waals surface area contributed by atoms with Crippen molar-refractivity contribution in [2.24, 2.45) is 16.5 Å². The average Bonchev–Trinajstić information content (AvgIpc) is 3.54. The predicted molar refractivity (Wildman–Crippen MR) is 135 cm³/mol. The molecule has 35 heavy (non-hydrogen) atoms. The molecule has 4 fully saturated rings. The number of carboxylic acid groups (broad SMARTS) is 1. The van der Waals surface area contributed by atoms with Crippen molar-refractivity contribution in [2.75, 3.05) is 20.2 Å². The van der Waals surface area contributed by atoms with E-state index in [4.69, 9.17) is 9.57 Å². The van der Waals surface area contributed by atoms with Gasteiger partial charge in [-0.2, -0.15) is 0 Å². The first-order valence-corrected chi connectivity index (χ1v) is 13.8. The van der Waals surface area contributed by atoms with Gasteiger partial charge in [-0.3, -0.25) is 9.69 Å². The SMILES string of the molecule is COc1cc(C2CCC2)c(C2CC2)cc1CN1CC2(CC(CC3CCC(C)(C(=O)O)CC3)=NO2)C1. The van der Waals surface area contributed by atoms with Crippen LogP contribution in [0.15, 0.2) is 17.3 Å². The lowest BCUT2D eigenvalue weighted by Gasteiger charge is -2.45. The molecule has 3 aliphatic carbocycles. The van der Waals surface area contributed by atoms with Crippen LogP contribution >= 0.6 is 0 Å². The van der Waals surface area contributed by atoms with Crippen LogP contribution in [-0.4, -0.2) is 47.5 Å². The van der Waals surface area contributed by atoms with Gasteiger partial charge in [0.2, 0.25) is 0 Å². The molecule has 1 spiro atoms. The highest BCUT2D eigenvalue weighted by molar-refractivity contribution is 5.86. The summed E-state index contributed by atoms with van der Waals surface area (Å²) in [5.74, 6) is 2.44. The fourth-order valence-corrected chi connectivity index (χ4v) is 6.86. The Kier molecular flexibility index (Phi) is 5.86. The van der Waals surface area contributed by atoms with Gasteiger partial charge in [0.1, 0.15) is 5.75 Å². The molecule has 0 radical (unpaired) electrons. The molecule has 2 heterocycles. The molecule has 6 heteroatoms. The van der Waals surface area contributed by atoms with Crippen LogP contribution in [0.1, 0.15) is 106 Å². The standard InChI is InChI=1S/C29H40N2O4/c1-28(27(32)33)10-8-19(9-11-28)12-23-15-29(35-30-23)17-31(18-29)16-22-13-24(21-6-7-21)25(14-26(22)34-2)20-4-3-5-20/h13-14,19-21H,3-12,15-18H2,1-2H3,(H,32,33). The molecule has 0 unspecified atom stereocenters. The van der Waals surface area contributed by atoms with Gasteiger partial charge in [0, 0.05) is 31.6 Å². The quantitative estimate of drug-likeness (QED) is 0.506. The van der Waals surface area contributed by atoms with E-state index in [1.807, 2.05) is 14.0 Å². The van der Waals surface area contributed by atoms with E-state index in [2.05, 4.69) is 22.2 Å². The zero-order chi connectivity index (χ0) is 24.2. The predicted octanol–water partition coefficient (Wildman–Crippen LogP) is 5.84. The normalized spacial score (nSPS) is 30.3. The summed E-state index contributed by atoms with van der Waals surface area (Å²) in [5.41, 5.74) is 4.94. The number of nitrogens with zero attached hydrogens (tertiary/aromatic N) is 2. The van der Waals surface area contributed by atoms with Crippen LogP contribution in [0, 0.1) is 11.3 Å². The van der Waals surface area contributed by atoms with Crippen LogP contribution in [0.4, 0.5) is 0 Å². The molecule has 1 saturated heterocycles. The number of hydrogen-bond acceptors (Lipinski definition) is 5. The third-order valence-corrected chi connectivity index (χ3v) is 9.61. The molecular formula is C29H40N2O4. The first-order valence-electron chi connectivity index (χ1n) is 13.8. The Bertz CT molecular complexity index is 1010. The van der Waals surface area contributed by atoms with Gasteiger partial charge in [-0.25, -0.2) is 0 Å². The van der Waals surface area contributed by atoms with Gasteiger partial charge in [0.25, 0.3) is 0 Å². The van der Waals surface area contributed by atoms with Crippen LogP contribution in [0.3, 0.4) is 0 Å². The summed E-state index contributed by atoms with van der Waals surface area (Å²) in [4.78, 5) is 20.0. The van der Waals surface area contributed by atoms with Crippen molar-refractivity contribution in [3.05, 3.63) is 28.8 Å². The molecule has 0 aromatic heterocycles. The molecule has 0 atom stereocenters. The van der Waals surface area contributed by atoms with Crippen LogP contribution < -0.4 is 4.74 Å². The maximum absolute atomic E-state index is 11.5. The minimum absolute atomic E-state index is 0.155. The van der Waals surface area contributed by atoms with Crippen molar-refractivity contribution in [3.8, 4) is 5.75 Å². The first-order chi connectivity index (χ1) is 16.9. The number of rotatable bonds is 8. The van der Waals surface area contributed by atoms with Gasteiger partial charge in [0.15, 0.2) is 5.60 Å². The number of benzene rings is 1. The Morgan fingerprint density at radius 1 is 1.11 bits per heavy atom. The van der Waals surface area contributed by atoms with E-state index in [0.717, 1.165) is 75.7 Å².